The Morgan fingerprint density at radius 3 is 2.11 bits per heavy atom. The van der Waals surface area contributed by atoms with E-state index in [-0.39, 0.29) is 0 Å². The van der Waals surface area contributed by atoms with Crippen LogP contribution in [-0.2, 0) is 0 Å². The number of methoxy groups -OCH3 is 2. The van der Waals surface area contributed by atoms with E-state index in [0.717, 1.165) is 28.8 Å². The number of ether oxygens (including phenoxy) is 3. The summed E-state index contributed by atoms with van der Waals surface area (Å²) in [6.07, 6.45) is 1.07. The first-order valence-electron chi connectivity index (χ1n) is 6.07. The summed E-state index contributed by atoms with van der Waals surface area (Å²) in [6.45, 7) is 4.80. The Bertz CT molecular complexity index is 350. The SMILES string of the molecule is CCC(CBr)COc1c(OC)cc(C)cc1OC. The van der Waals surface area contributed by atoms with Gasteiger partial charge in [-0.25, -0.2) is 0 Å². The quantitative estimate of drug-likeness (QED) is 0.716. The van der Waals surface area contributed by atoms with Crippen LogP contribution in [0.15, 0.2) is 12.1 Å². The normalized spacial score (nSPS) is 12.1. The van der Waals surface area contributed by atoms with E-state index in [1.807, 2.05) is 19.1 Å². The number of alkyl halides is 1. The second-order valence-electron chi connectivity index (χ2n) is 4.24. The lowest BCUT2D eigenvalue weighted by molar-refractivity contribution is 0.235. The average molecular weight is 317 g/mol. The van der Waals surface area contributed by atoms with Crippen molar-refractivity contribution in [1.29, 1.82) is 0 Å². The highest BCUT2D eigenvalue weighted by Gasteiger charge is 2.15. The second kappa shape index (κ2) is 7.52. The Balaban J connectivity index is 2.91. The molecule has 0 aliphatic rings. The van der Waals surface area contributed by atoms with E-state index in [2.05, 4.69) is 22.9 Å². The zero-order chi connectivity index (χ0) is 13.5. The lowest BCUT2D eigenvalue weighted by Gasteiger charge is -2.18. The van der Waals surface area contributed by atoms with E-state index in [1.54, 1.807) is 14.2 Å². The van der Waals surface area contributed by atoms with Gasteiger partial charge in [0, 0.05) is 11.2 Å². The van der Waals surface area contributed by atoms with Crippen molar-refractivity contribution in [2.45, 2.75) is 20.3 Å². The van der Waals surface area contributed by atoms with E-state index in [1.165, 1.54) is 0 Å². The highest BCUT2D eigenvalue weighted by Crippen LogP contribution is 2.38. The first-order valence-corrected chi connectivity index (χ1v) is 7.19. The van der Waals surface area contributed by atoms with E-state index in [0.29, 0.717) is 18.3 Å². The molecule has 18 heavy (non-hydrogen) atoms. The van der Waals surface area contributed by atoms with Crippen LogP contribution in [0.5, 0.6) is 17.2 Å². The maximum Gasteiger partial charge on any atom is 0.203 e. The molecule has 4 heteroatoms. The fourth-order valence-corrected chi connectivity index (χ4v) is 2.27. The first kappa shape index (κ1) is 15.2. The number of halogens is 1. The number of hydrogen-bond acceptors (Lipinski definition) is 3. The van der Waals surface area contributed by atoms with Gasteiger partial charge in [0.15, 0.2) is 11.5 Å². The van der Waals surface area contributed by atoms with Crippen molar-refractivity contribution < 1.29 is 14.2 Å². The van der Waals surface area contributed by atoms with Crippen LogP contribution in [0.3, 0.4) is 0 Å². The lowest BCUT2D eigenvalue weighted by Crippen LogP contribution is -2.13. The monoisotopic (exact) mass is 316 g/mol. The molecule has 0 amide bonds. The van der Waals surface area contributed by atoms with Crippen molar-refractivity contribution in [3.8, 4) is 17.2 Å². The van der Waals surface area contributed by atoms with Crippen molar-refractivity contribution in [1.82, 2.24) is 0 Å². The molecule has 0 aliphatic heterocycles. The molecule has 0 aromatic heterocycles. The Kier molecular flexibility index (Phi) is 6.33. The molecule has 0 N–H and O–H groups in total. The molecule has 0 saturated carbocycles. The number of hydrogen-bond donors (Lipinski definition) is 0. The van der Waals surface area contributed by atoms with Crippen molar-refractivity contribution in [2.24, 2.45) is 5.92 Å². The summed E-state index contributed by atoms with van der Waals surface area (Å²) in [6, 6.07) is 3.90. The Morgan fingerprint density at radius 2 is 1.72 bits per heavy atom. The van der Waals surface area contributed by atoms with Crippen LogP contribution in [0.25, 0.3) is 0 Å². The minimum atomic E-state index is 0.487. The molecule has 1 atom stereocenters. The lowest BCUT2D eigenvalue weighted by atomic mass is 10.1. The third-order valence-corrected chi connectivity index (χ3v) is 3.78. The molecule has 0 saturated heterocycles. The maximum absolute atomic E-state index is 5.87. The van der Waals surface area contributed by atoms with Gasteiger partial charge in [0.1, 0.15) is 0 Å². The molecule has 0 bridgehead atoms. The molecule has 102 valence electrons. The molecule has 0 radical (unpaired) electrons. The van der Waals surface area contributed by atoms with Crippen LogP contribution in [0.2, 0.25) is 0 Å². The van der Waals surface area contributed by atoms with Crippen molar-refractivity contribution in [3.63, 3.8) is 0 Å². The summed E-state index contributed by atoms with van der Waals surface area (Å²) < 4.78 is 16.6. The Labute approximate surface area is 118 Å². The molecule has 0 fully saturated rings. The molecule has 1 aromatic carbocycles. The van der Waals surface area contributed by atoms with Gasteiger partial charge in [-0.3, -0.25) is 0 Å². The van der Waals surface area contributed by atoms with Gasteiger partial charge in [-0.15, -0.1) is 0 Å². The summed E-state index contributed by atoms with van der Waals surface area (Å²) in [4.78, 5) is 0. The third-order valence-electron chi connectivity index (χ3n) is 2.86. The molecule has 1 aromatic rings. The highest BCUT2D eigenvalue weighted by atomic mass is 79.9. The third kappa shape index (κ3) is 3.80. The van der Waals surface area contributed by atoms with Gasteiger partial charge in [-0.05, 0) is 31.0 Å². The molecule has 1 rings (SSSR count). The summed E-state index contributed by atoms with van der Waals surface area (Å²) in [5.41, 5.74) is 1.09. The molecule has 1 unspecified atom stereocenters. The molecular formula is C14H21BrO3. The first-order chi connectivity index (χ1) is 8.65. The molecule has 0 heterocycles. The zero-order valence-electron chi connectivity index (χ0n) is 11.5. The van der Waals surface area contributed by atoms with Gasteiger partial charge in [-0.2, -0.15) is 0 Å². The van der Waals surface area contributed by atoms with Crippen LogP contribution in [0, 0.1) is 12.8 Å². The fourth-order valence-electron chi connectivity index (χ4n) is 1.63. The van der Waals surface area contributed by atoms with E-state index in [4.69, 9.17) is 14.2 Å². The number of rotatable bonds is 7. The van der Waals surface area contributed by atoms with Crippen LogP contribution < -0.4 is 14.2 Å². The molecule has 0 spiro atoms. The van der Waals surface area contributed by atoms with Crippen LogP contribution in [0.1, 0.15) is 18.9 Å². The largest absolute Gasteiger partial charge is 0.493 e. The number of benzene rings is 1. The number of aryl methyl sites for hydroxylation is 1. The van der Waals surface area contributed by atoms with E-state index < -0.39 is 0 Å². The average Bonchev–Trinajstić information content (AvgIpc) is 2.40. The van der Waals surface area contributed by atoms with Gasteiger partial charge in [0.05, 0.1) is 20.8 Å². The highest BCUT2D eigenvalue weighted by molar-refractivity contribution is 9.09. The fraction of sp³-hybridized carbons (Fsp3) is 0.571. The van der Waals surface area contributed by atoms with E-state index in [9.17, 15) is 0 Å². The van der Waals surface area contributed by atoms with Crippen molar-refractivity contribution in [2.75, 3.05) is 26.2 Å². The summed E-state index contributed by atoms with van der Waals surface area (Å²) in [5, 5.41) is 0.931. The van der Waals surface area contributed by atoms with Gasteiger partial charge >= 0.3 is 0 Å². The van der Waals surface area contributed by atoms with Crippen LogP contribution >= 0.6 is 15.9 Å². The van der Waals surface area contributed by atoms with E-state index >= 15 is 0 Å². The van der Waals surface area contributed by atoms with Gasteiger partial charge in [0.2, 0.25) is 5.75 Å². The smallest absolute Gasteiger partial charge is 0.203 e. The summed E-state index contributed by atoms with van der Waals surface area (Å²) in [7, 11) is 3.28. The standard InChI is InChI=1S/C14H21BrO3/c1-5-11(8-15)9-18-14-12(16-3)6-10(2)7-13(14)17-4/h6-7,11H,5,8-9H2,1-4H3. The predicted molar refractivity (Wildman–Crippen MR) is 77.4 cm³/mol. The van der Waals surface area contributed by atoms with Gasteiger partial charge in [-0.1, -0.05) is 22.9 Å². The van der Waals surface area contributed by atoms with Gasteiger partial charge in [0.25, 0.3) is 0 Å². The van der Waals surface area contributed by atoms with Crippen molar-refractivity contribution in [3.05, 3.63) is 17.7 Å². The Morgan fingerprint density at radius 1 is 1.17 bits per heavy atom. The maximum atomic E-state index is 5.87. The second-order valence-corrected chi connectivity index (χ2v) is 4.89. The molecule has 3 nitrogen and oxygen atoms in total. The summed E-state index contributed by atoms with van der Waals surface area (Å²) in [5.74, 6) is 2.61. The molecular weight excluding hydrogens is 296 g/mol. The van der Waals surface area contributed by atoms with Crippen LogP contribution in [0.4, 0.5) is 0 Å². The minimum Gasteiger partial charge on any atom is -0.493 e. The zero-order valence-corrected chi connectivity index (χ0v) is 13.0. The summed E-state index contributed by atoms with van der Waals surface area (Å²) >= 11 is 3.49. The van der Waals surface area contributed by atoms with Gasteiger partial charge < -0.3 is 14.2 Å². The van der Waals surface area contributed by atoms with Crippen molar-refractivity contribution >= 4 is 15.9 Å². The minimum absolute atomic E-state index is 0.487. The Hall–Kier alpha value is -0.900. The van der Waals surface area contributed by atoms with Crippen LogP contribution in [-0.4, -0.2) is 26.2 Å². The predicted octanol–water partition coefficient (Wildman–Crippen LogP) is 3.81. The molecule has 0 aliphatic carbocycles. The topological polar surface area (TPSA) is 27.7 Å².